The Kier molecular flexibility index (Phi) is 5.21. The Hall–Kier alpha value is -1.30. The van der Waals surface area contributed by atoms with Crippen LogP contribution in [0.25, 0.3) is 0 Å². The number of carbonyl (C=O) groups is 2. The summed E-state index contributed by atoms with van der Waals surface area (Å²) in [5.74, 6) is -0.773. The number of carbonyl (C=O) groups excluding carboxylic acids is 1. The van der Waals surface area contributed by atoms with Crippen molar-refractivity contribution >= 4 is 12.0 Å². The molecule has 1 rings (SSSR count). The monoisotopic (exact) mass is 243 g/mol. The molecule has 0 radical (unpaired) electrons. The van der Waals surface area contributed by atoms with E-state index >= 15 is 0 Å². The van der Waals surface area contributed by atoms with Gasteiger partial charge in [-0.1, -0.05) is 0 Å². The molecule has 0 atom stereocenters. The molecule has 6 nitrogen and oxygen atoms in total. The zero-order valence-electron chi connectivity index (χ0n) is 10.5. The Bertz CT molecular complexity index is 273. The van der Waals surface area contributed by atoms with Crippen molar-refractivity contribution in [3.63, 3.8) is 0 Å². The molecule has 0 aromatic carbocycles. The van der Waals surface area contributed by atoms with Crippen LogP contribution in [0, 0.1) is 0 Å². The first-order valence-electron chi connectivity index (χ1n) is 5.98. The van der Waals surface area contributed by atoms with Gasteiger partial charge in [-0.25, -0.2) is 4.79 Å². The molecule has 17 heavy (non-hydrogen) atoms. The van der Waals surface area contributed by atoms with Crippen LogP contribution in [0.15, 0.2) is 0 Å². The zero-order chi connectivity index (χ0) is 12.8. The molecule has 1 heterocycles. The average molecular weight is 243 g/mol. The molecule has 1 aliphatic heterocycles. The molecule has 1 aliphatic rings. The minimum atomic E-state index is -0.773. The lowest BCUT2D eigenvalue weighted by Crippen LogP contribution is -2.53. The number of carboxylic acid groups (broad SMARTS) is 1. The van der Waals surface area contributed by atoms with Gasteiger partial charge in [0.2, 0.25) is 0 Å². The fourth-order valence-electron chi connectivity index (χ4n) is 1.77. The SMILES string of the molecule is CC(C)NC(=O)N1CCN(CCC(=O)O)CC1. The van der Waals surface area contributed by atoms with Gasteiger partial charge in [-0.3, -0.25) is 9.69 Å². The highest BCUT2D eigenvalue weighted by Gasteiger charge is 2.21. The lowest BCUT2D eigenvalue weighted by atomic mass is 10.3. The smallest absolute Gasteiger partial charge is 0.317 e. The van der Waals surface area contributed by atoms with Crippen molar-refractivity contribution in [2.75, 3.05) is 32.7 Å². The number of rotatable bonds is 4. The third-order valence-corrected chi connectivity index (χ3v) is 2.71. The lowest BCUT2D eigenvalue weighted by Gasteiger charge is -2.34. The van der Waals surface area contributed by atoms with Gasteiger partial charge in [-0.2, -0.15) is 0 Å². The molecule has 0 unspecified atom stereocenters. The van der Waals surface area contributed by atoms with Crippen molar-refractivity contribution in [1.29, 1.82) is 0 Å². The maximum atomic E-state index is 11.7. The Labute approximate surface area is 102 Å². The predicted octanol–water partition coefficient (Wildman–Crippen LogP) is 0.197. The van der Waals surface area contributed by atoms with E-state index in [1.54, 1.807) is 4.90 Å². The average Bonchev–Trinajstić information content (AvgIpc) is 2.26. The first kappa shape index (κ1) is 13.8. The van der Waals surface area contributed by atoms with Crippen molar-refractivity contribution < 1.29 is 14.7 Å². The van der Waals surface area contributed by atoms with E-state index in [9.17, 15) is 9.59 Å². The summed E-state index contributed by atoms with van der Waals surface area (Å²) in [4.78, 5) is 26.0. The van der Waals surface area contributed by atoms with E-state index in [0.717, 1.165) is 13.1 Å². The summed E-state index contributed by atoms with van der Waals surface area (Å²) < 4.78 is 0. The normalized spacial score (nSPS) is 17.2. The molecule has 98 valence electrons. The second-order valence-corrected chi connectivity index (χ2v) is 4.58. The molecular formula is C11H21N3O3. The molecule has 1 fully saturated rings. The van der Waals surface area contributed by atoms with E-state index < -0.39 is 5.97 Å². The van der Waals surface area contributed by atoms with Gasteiger partial charge in [0.05, 0.1) is 6.42 Å². The lowest BCUT2D eigenvalue weighted by molar-refractivity contribution is -0.137. The minimum absolute atomic E-state index is 0.0297. The molecule has 2 N–H and O–H groups in total. The van der Waals surface area contributed by atoms with Crippen molar-refractivity contribution in [2.45, 2.75) is 26.3 Å². The van der Waals surface area contributed by atoms with Crippen molar-refractivity contribution in [3.05, 3.63) is 0 Å². The van der Waals surface area contributed by atoms with E-state index in [-0.39, 0.29) is 18.5 Å². The van der Waals surface area contributed by atoms with E-state index in [1.807, 2.05) is 13.8 Å². The topological polar surface area (TPSA) is 72.9 Å². The summed E-state index contributed by atoms with van der Waals surface area (Å²) in [7, 11) is 0. The van der Waals surface area contributed by atoms with Crippen LogP contribution in [0.4, 0.5) is 4.79 Å². The quantitative estimate of drug-likeness (QED) is 0.739. The molecule has 1 saturated heterocycles. The van der Waals surface area contributed by atoms with Gasteiger partial charge in [-0.15, -0.1) is 0 Å². The zero-order valence-corrected chi connectivity index (χ0v) is 10.5. The van der Waals surface area contributed by atoms with Crippen LogP contribution in [0.5, 0.6) is 0 Å². The van der Waals surface area contributed by atoms with Gasteiger partial charge < -0.3 is 15.3 Å². The van der Waals surface area contributed by atoms with E-state index in [1.165, 1.54) is 0 Å². The summed E-state index contributed by atoms with van der Waals surface area (Å²) in [6, 6.07) is 0.116. The Balaban J connectivity index is 2.25. The van der Waals surface area contributed by atoms with Crippen LogP contribution in [0.2, 0.25) is 0 Å². The summed E-state index contributed by atoms with van der Waals surface area (Å²) in [5.41, 5.74) is 0. The number of aliphatic carboxylic acids is 1. The van der Waals surface area contributed by atoms with Gasteiger partial charge in [0.1, 0.15) is 0 Å². The molecule has 6 heteroatoms. The van der Waals surface area contributed by atoms with Gasteiger partial charge in [0.25, 0.3) is 0 Å². The first-order chi connectivity index (χ1) is 7.99. The van der Waals surface area contributed by atoms with Crippen LogP contribution < -0.4 is 5.32 Å². The van der Waals surface area contributed by atoms with Crippen molar-refractivity contribution in [1.82, 2.24) is 15.1 Å². The summed E-state index contributed by atoms with van der Waals surface area (Å²) in [6.07, 6.45) is 0.165. The first-order valence-corrected chi connectivity index (χ1v) is 5.98. The molecule has 0 aromatic heterocycles. The van der Waals surface area contributed by atoms with E-state index in [4.69, 9.17) is 5.11 Å². The second kappa shape index (κ2) is 6.44. The number of hydrogen-bond donors (Lipinski definition) is 2. The molecule has 0 aliphatic carbocycles. The fraction of sp³-hybridized carbons (Fsp3) is 0.818. The Morgan fingerprint density at radius 3 is 2.29 bits per heavy atom. The summed E-state index contributed by atoms with van der Waals surface area (Å²) >= 11 is 0. The third-order valence-electron chi connectivity index (χ3n) is 2.71. The maximum Gasteiger partial charge on any atom is 0.317 e. The number of hydrogen-bond acceptors (Lipinski definition) is 3. The van der Waals surface area contributed by atoms with Crippen LogP contribution in [0.3, 0.4) is 0 Å². The van der Waals surface area contributed by atoms with Gasteiger partial charge in [-0.05, 0) is 13.8 Å². The largest absolute Gasteiger partial charge is 0.481 e. The van der Waals surface area contributed by atoms with Crippen molar-refractivity contribution in [3.8, 4) is 0 Å². The fourth-order valence-corrected chi connectivity index (χ4v) is 1.77. The van der Waals surface area contributed by atoms with Crippen LogP contribution in [0.1, 0.15) is 20.3 Å². The highest BCUT2D eigenvalue weighted by Crippen LogP contribution is 2.03. The van der Waals surface area contributed by atoms with Crippen molar-refractivity contribution in [2.24, 2.45) is 0 Å². The van der Waals surface area contributed by atoms with Gasteiger partial charge in [0.15, 0.2) is 0 Å². The molecular weight excluding hydrogens is 222 g/mol. The highest BCUT2D eigenvalue weighted by atomic mass is 16.4. The maximum absolute atomic E-state index is 11.7. The van der Waals surface area contributed by atoms with Gasteiger partial charge >= 0.3 is 12.0 Å². The molecule has 0 aromatic rings. The third kappa shape index (κ3) is 5.04. The molecule has 0 spiro atoms. The number of amides is 2. The highest BCUT2D eigenvalue weighted by molar-refractivity contribution is 5.74. The van der Waals surface area contributed by atoms with Crippen LogP contribution >= 0.6 is 0 Å². The number of urea groups is 1. The predicted molar refractivity (Wildman–Crippen MR) is 63.9 cm³/mol. The molecule has 0 bridgehead atoms. The second-order valence-electron chi connectivity index (χ2n) is 4.58. The van der Waals surface area contributed by atoms with E-state index in [2.05, 4.69) is 10.2 Å². The molecule has 0 saturated carbocycles. The number of nitrogens with zero attached hydrogens (tertiary/aromatic N) is 2. The Morgan fingerprint density at radius 2 is 1.82 bits per heavy atom. The minimum Gasteiger partial charge on any atom is -0.481 e. The van der Waals surface area contributed by atoms with Crippen LogP contribution in [-0.2, 0) is 4.79 Å². The Morgan fingerprint density at radius 1 is 1.24 bits per heavy atom. The number of nitrogens with one attached hydrogen (secondary N) is 1. The van der Waals surface area contributed by atoms with Gasteiger partial charge in [0, 0.05) is 38.8 Å². The summed E-state index contributed by atoms with van der Waals surface area (Å²) in [6.45, 7) is 7.25. The number of piperazine rings is 1. The summed E-state index contributed by atoms with van der Waals surface area (Å²) in [5, 5.41) is 11.4. The number of carboxylic acids is 1. The van der Waals surface area contributed by atoms with E-state index in [0.29, 0.717) is 19.6 Å². The molecule has 2 amide bonds. The standard InChI is InChI=1S/C11H21N3O3/c1-9(2)12-11(17)14-7-5-13(6-8-14)4-3-10(15)16/h9H,3-8H2,1-2H3,(H,12,17)(H,15,16). The van der Waals surface area contributed by atoms with Crippen LogP contribution in [-0.4, -0.2) is 65.7 Å².